The van der Waals surface area contributed by atoms with Crippen LogP contribution in [0.2, 0.25) is 0 Å². The van der Waals surface area contributed by atoms with Crippen LogP contribution >= 0.6 is 0 Å². The topological polar surface area (TPSA) is 127 Å². The number of ketones is 1. The highest BCUT2D eigenvalue weighted by molar-refractivity contribution is 6.06. The Morgan fingerprint density at radius 1 is 1.04 bits per heavy atom. The second-order valence-corrected chi connectivity index (χ2v) is 10.0. The molecular formula is C20H30O7. The Labute approximate surface area is 158 Å². The van der Waals surface area contributed by atoms with Gasteiger partial charge in [0, 0.05) is 17.3 Å². The summed E-state index contributed by atoms with van der Waals surface area (Å²) in [6, 6.07) is 0. The first-order chi connectivity index (χ1) is 12.2. The number of rotatable bonds is 2. The highest BCUT2D eigenvalue weighted by atomic mass is 17.1. The molecule has 7 atom stereocenters. The van der Waals surface area contributed by atoms with Gasteiger partial charge in [-0.1, -0.05) is 33.8 Å². The molecule has 0 amide bonds. The lowest BCUT2D eigenvalue weighted by Crippen LogP contribution is -2.77. The zero-order valence-corrected chi connectivity index (χ0v) is 16.5. The molecule has 4 aliphatic carbocycles. The first-order valence-corrected chi connectivity index (χ1v) is 9.64. The summed E-state index contributed by atoms with van der Waals surface area (Å²) in [5.74, 6) is -1.10. The van der Waals surface area contributed by atoms with E-state index in [1.165, 1.54) is 6.92 Å². The lowest BCUT2D eigenvalue weighted by molar-refractivity contribution is -0.394. The SMILES string of the molecule is CC1=CCC2(O)C3(C)CCC4(C)C(O)(C(C)C)CC3(O)C4(O)C2(OO)C1=O. The maximum absolute atomic E-state index is 13.4. The lowest BCUT2D eigenvalue weighted by atomic mass is 9.53. The van der Waals surface area contributed by atoms with Gasteiger partial charge in [-0.25, -0.2) is 4.89 Å². The molecule has 3 saturated carbocycles. The molecule has 7 unspecified atom stereocenters. The van der Waals surface area contributed by atoms with E-state index in [9.17, 15) is 30.5 Å². The maximum atomic E-state index is 13.4. The van der Waals surface area contributed by atoms with Gasteiger partial charge in [-0.15, -0.1) is 0 Å². The monoisotopic (exact) mass is 382 g/mol. The molecule has 0 saturated heterocycles. The third-order valence-electron chi connectivity index (χ3n) is 9.39. The molecule has 0 radical (unpaired) electrons. The molecule has 7 heteroatoms. The summed E-state index contributed by atoms with van der Waals surface area (Å²) in [7, 11) is 0. The smallest absolute Gasteiger partial charge is 0.226 e. The van der Waals surface area contributed by atoms with E-state index >= 15 is 0 Å². The van der Waals surface area contributed by atoms with Crippen LogP contribution in [0.15, 0.2) is 11.6 Å². The van der Waals surface area contributed by atoms with Crippen molar-refractivity contribution >= 4 is 5.78 Å². The number of hydrogen-bond acceptors (Lipinski definition) is 7. The van der Waals surface area contributed by atoms with E-state index in [4.69, 9.17) is 4.89 Å². The third kappa shape index (κ3) is 1.35. The highest BCUT2D eigenvalue weighted by Crippen LogP contribution is 2.83. The summed E-state index contributed by atoms with van der Waals surface area (Å²) in [5, 5.41) is 57.6. The van der Waals surface area contributed by atoms with Gasteiger partial charge in [0.2, 0.25) is 5.60 Å². The number of aliphatic hydroxyl groups is 4. The van der Waals surface area contributed by atoms with Gasteiger partial charge < -0.3 is 20.4 Å². The number of hydrogen-bond donors (Lipinski definition) is 5. The molecule has 0 spiro atoms. The Morgan fingerprint density at radius 3 is 2.11 bits per heavy atom. The van der Waals surface area contributed by atoms with E-state index in [2.05, 4.69) is 0 Å². The highest BCUT2D eigenvalue weighted by Gasteiger charge is 2.99. The van der Waals surface area contributed by atoms with Crippen molar-refractivity contribution in [2.24, 2.45) is 16.7 Å². The Hall–Kier alpha value is -0.830. The first kappa shape index (κ1) is 19.5. The minimum Gasteiger partial charge on any atom is -0.389 e. The molecule has 0 aliphatic heterocycles. The minimum atomic E-state index is -2.48. The standard InChI is InChI=1S/C20H30O7/c1-11(2)16(22)10-18(24)15(5)9-8-14(16,4)20(18,25)19(27-26)13(21)12(3)6-7-17(15,19)23/h6,11,22-26H,7-10H2,1-5H3. The van der Waals surface area contributed by atoms with E-state index in [0.717, 1.165) is 0 Å². The van der Waals surface area contributed by atoms with Crippen LogP contribution in [-0.4, -0.2) is 59.5 Å². The normalized spacial score (nSPS) is 59.2. The maximum Gasteiger partial charge on any atom is 0.226 e. The average Bonchev–Trinajstić information content (AvgIpc) is 2.72. The van der Waals surface area contributed by atoms with Crippen LogP contribution in [0, 0.1) is 16.7 Å². The molecular weight excluding hydrogens is 352 g/mol. The molecule has 152 valence electrons. The molecule has 0 aromatic carbocycles. The zero-order valence-electron chi connectivity index (χ0n) is 16.5. The fraction of sp³-hybridized carbons (Fsp3) is 0.850. The first-order valence-electron chi connectivity index (χ1n) is 9.64. The molecule has 5 N–H and O–H groups in total. The van der Waals surface area contributed by atoms with Crippen molar-refractivity contribution in [2.75, 3.05) is 0 Å². The van der Waals surface area contributed by atoms with E-state index < -0.39 is 44.6 Å². The third-order valence-corrected chi connectivity index (χ3v) is 9.39. The summed E-state index contributed by atoms with van der Waals surface area (Å²) in [6.07, 6.45) is 1.81. The van der Waals surface area contributed by atoms with Crippen molar-refractivity contribution in [3.05, 3.63) is 11.6 Å². The molecule has 7 nitrogen and oxygen atoms in total. The van der Waals surface area contributed by atoms with Crippen molar-refractivity contribution in [2.45, 2.75) is 88.3 Å². The second-order valence-electron chi connectivity index (χ2n) is 10.0. The Kier molecular flexibility index (Phi) is 3.36. The molecule has 27 heavy (non-hydrogen) atoms. The van der Waals surface area contributed by atoms with Gasteiger partial charge >= 0.3 is 0 Å². The predicted octanol–water partition coefficient (Wildman–Crippen LogP) is 0.938. The molecule has 0 aromatic rings. The summed E-state index contributed by atoms with van der Waals surface area (Å²) >= 11 is 0. The van der Waals surface area contributed by atoms with Gasteiger partial charge in [-0.3, -0.25) is 10.1 Å². The van der Waals surface area contributed by atoms with Crippen molar-refractivity contribution in [3.63, 3.8) is 0 Å². The van der Waals surface area contributed by atoms with Gasteiger partial charge in [0.05, 0.1) is 5.60 Å². The fourth-order valence-corrected chi connectivity index (χ4v) is 7.51. The molecule has 3 fully saturated rings. The summed E-state index contributed by atoms with van der Waals surface area (Å²) < 4.78 is 0. The Morgan fingerprint density at radius 2 is 1.59 bits per heavy atom. The van der Waals surface area contributed by atoms with E-state index in [0.29, 0.717) is 0 Å². The summed E-state index contributed by atoms with van der Waals surface area (Å²) in [5.41, 5.74) is -13.0. The quantitative estimate of drug-likeness (QED) is 0.355. The van der Waals surface area contributed by atoms with E-state index in [-0.39, 0.29) is 37.2 Å². The van der Waals surface area contributed by atoms with Gasteiger partial charge in [-0.05, 0) is 37.7 Å². The number of carbonyl (C=O) groups is 1. The molecule has 4 aliphatic rings. The molecule has 4 bridgehead atoms. The van der Waals surface area contributed by atoms with Crippen LogP contribution < -0.4 is 0 Å². The molecule has 4 rings (SSSR count). The van der Waals surface area contributed by atoms with Crippen LogP contribution in [-0.2, 0) is 9.68 Å². The number of fused-ring (bicyclic) bond motifs is 2. The van der Waals surface area contributed by atoms with Crippen LogP contribution in [0.5, 0.6) is 0 Å². The van der Waals surface area contributed by atoms with Crippen molar-refractivity contribution in [1.29, 1.82) is 0 Å². The largest absolute Gasteiger partial charge is 0.389 e. The average molecular weight is 382 g/mol. The van der Waals surface area contributed by atoms with Crippen molar-refractivity contribution in [3.8, 4) is 0 Å². The molecule has 0 heterocycles. The van der Waals surface area contributed by atoms with Gasteiger partial charge in [-0.2, -0.15) is 0 Å². The minimum absolute atomic E-state index is 0.0531. The van der Waals surface area contributed by atoms with Crippen LogP contribution in [0.3, 0.4) is 0 Å². The van der Waals surface area contributed by atoms with Crippen molar-refractivity contribution in [1.82, 2.24) is 0 Å². The van der Waals surface area contributed by atoms with E-state index in [1.54, 1.807) is 33.8 Å². The lowest BCUT2D eigenvalue weighted by Gasteiger charge is -2.56. The molecule has 0 aromatic heterocycles. The van der Waals surface area contributed by atoms with E-state index in [1.807, 2.05) is 0 Å². The van der Waals surface area contributed by atoms with Gasteiger partial charge in [0.15, 0.2) is 5.78 Å². The fourth-order valence-electron chi connectivity index (χ4n) is 7.51. The Bertz CT molecular complexity index is 778. The Balaban J connectivity index is 2.16. The summed E-state index contributed by atoms with van der Waals surface area (Å²) in [6.45, 7) is 8.35. The predicted molar refractivity (Wildman–Crippen MR) is 94.5 cm³/mol. The number of Topliss-reactive ketones (excluding diaryl/α,β-unsaturated/α-hetero) is 1. The van der Waals surface area contributed by atoms with Gasteiger partial charge in [0.1, 0.15) is 16.8 Å². The van der Waals surface area contributed by atoms with Gasteiger partial charge in [0.25, 0.3) is 0 Å². The van der Waals surface area contributed by atoms with Crippen molar-refractivity contribution < 1.29 is 35.4 Å². The zero-order chi connectivity index (χ0) is 20.5. The summed E-state index contributed by atoms with van der Waals surface area (Å²) in [4.78, 5) is 18.2. The van der Waals surface area contributed by atoms with Crippen LogP contribution in [0.1, 0.15) is 60.3 Å². The van der Waals surface area contributed by atoms with Crippen LogP contribution in [0.4, 0.5) is 0 Å². The second kappa shape index (κ2) is 4.66. The number of carbonyl (C=O) groups excluding carboxylic acids is 1. The van der Waals surface area contributed by atoms with Crippen LogP contribution in [0.25, 0.3) is 0 Å².